The maximum atomic E-state index is 13.5. The van der Waals surface area contributed by atoms with E-state index in [0.29, 0.717) is 30.2 Å². The number of nitrogens with zero attached hydrogens (tertiary/aromatic N) is 1. The van der Waals surface area contributed by atoms with Crippen LogP contribution in [0.2, 0.25) is 5.02 Å². The fraction of sp³-hybridized carbons (Fsp3) is 0.286. The third-order valence-corrected chi connectivity index (χ3v) is 6.56. The Morgan fingerprint density at radius 3 is 2.06 bits per heavy atom. The molecule has 0 aliphatic carbocycles. The van der Waals surface area contributed by atoms with Crippen molar-refractivity contribution in [3.05, 3.63) is 101 Å². The van der Waals surface area contributed by atoms with Crippen LogP contribution in [0.1, 0.15) is 31.4 Å². The fourth-order valence-corrected chi connectivity index (χ4v) is 4.61. The Bertz CT molecular complexity index is 1040. The summed E-state index contributed by atoms with van der Waals surface area (Å²) < 4.78 is 0. The van der Waals surface area contributed by atoms with Gasteiger partial charge in [0.2, 0.25) is 11.8 Å². The van der Waals surface area contributed by atoms with E-state index in [-0.39, 0.29) is 17.9 Å². The number of hydrogen-bond donors (Lipinski definition) is 1. The average Bonchev–Trinajstić information content (AvgIpc) is 2.83. The monoisotopic (exact) mass is 494 g/mol. The van der Waals surface area contributed by atoms with E-state index < -0.39 is 6.04 Å². The molecular formula is C28H31ClN2O2S. The van der Waals surface area contributed by atoms with Crippen molar-refractivity contribution in [2.45, 2.75) is 50.2 Å². The smallest absolute Gasteiger partial charge is 0.243 e. The molecular weight excluding hydrogens is 464 g/mol. The predicted molar refractivity (Wildman–Crippen MR) is 141 cm³/mol. The molecule has 1 atom stereocenters. The number of carbonyl (C=O) groups excluding carboxylic acids is 2. The van der Waals surface area contributed by atoms with Crippen molar-refractivity contribution < 1.29 is 9.59 Å². The van der Waals surface area contributed by atoms with Crippen molar-refractivity contribution in [2.24, 2.45) is 0 Å². The standard InChI is InChI=1S/C28H31ClN2O2S/c1-21(2)30-28(33)26(19-22-9-5-3-6-10-22)31(20-23-11-7-4-8-12-23)27(32)17-18-34-25-15-13-24(29)14-16-25/h3-16,21,26H,17-20H2,1-2H3,(H,30,33)/t26-/m1/s1. The van der Waals surface area contributed by atoms with Crippen LogP contribution in [0.3, 0.4) is 0 Å². The molecule has 0 saturated carbocycles. The van der Waals surface area contributed by atoms with Gasteiger partial charge in [0.25, 0.3) is 0 Å². The van der Waals surface area contributed by atoms with E-state index in [4.69, 9.17) is 11.6 Å². The van der Waals surface area contributed by atoms with Gasteiger partial charge >= 0.3 is 0 Å². The minimum Gasteiger partial charge on any atom is -0.352 e. The number of carbonyl (C=O) groups is 2. The highest BCUT2D eigenvalue weighted by Crippen LogP contribution is 2.22. The van der Waals surface area contributed by atoms with Crippen molar-refractivity contribution in [2.75, 3.05) is 5.75 Å². The molecule has 0 aliphatic heterocycles. The van der Waals surface area contributed by atoms with Crippen molar-refractivity contribution in [3.63, 3.8) is 0 Å². The van der Waals surface area contributed by atoms with Gasteiger partial charge < -0.3 is 10.2 Å². The van der Waals surface area contributed by atoms with Gasteiger partial charge in [-0.25, -0.2) is 0 Å². The molecule has 0 heterocycles. The summed E-state index contributed by atoms with van der Waals surface area (Å²) in [6, 6.07) is 26.7. The second-order valence-corrected chi connectivity index (χ2v) is 10.0. The Hall–Kier alpha value is -2.76. The van der Waals surface area contributed by atoms with Crippen molar-refractivity contribution in [1.29, 1.82) is 0 Å². The van der Waals surface area contributed by atoms with Crippen LogP contribution in [0.4, 0.5) is 0 Å². The molecule has 1 N–H and O–H groups in total. The summed E-state index contributed by atoms with van der Waals surface area (Å²) >= 11 is 7.58. The Morgan fingerprint density at radius 1 is 0.882 bits per heavy atom. The van der Waals surface area contributed by atoms with Gasteiger partial charge in [0.15, 0.2) is 0 Å². The minimum absolute atomic E-state index is 0.0140. The third kappa shape index (κ3) is 8.23. The van der Waals surface area contributed by atoms with E-state index in [1.807, 2.05) is 98.8 Å². The van der Waals surface area contributed by atoms with E-state index in [2.05, 4.69) is 5.32 Å². The maximum Gasteiger partial charge on any atom is 0.243 e. The molecule has 34 heavy (non-hydrogen) atoms. The zero-order valence-corrected chi connectivity index (χ0v) is 21.2. The Kier molecular flexibility index (Phi) is 10.0. The lowest BCUT2D eigenvalue weighted by molar-refractivity contribution is -0.141. The van der Waals surface area contributed by atoms with Crippen molar-refractivity contribution in [1.82, 2.24) is 10.2 Å². The van der Waals surface area contributed by atoms with Gasteiger partial charge in [0.05, 0.1) is 0 Å². The van der Waals surface area contributed by atoms with Gasteiger partial charge in [0, 0.05) is 41.1 Å². The second-order valence-electron chi connectivity index (χ2n) is 8.43. The number of nitrogens with one attached hydrogen (secondary N) is 1. The summed E-state index contributed by atoms with van der Waals surface area (Å²) in [6.45, 7) is 4.25. The molecule has 0 bridgehead atoms. The van der Waals surface area contributed by atoms with Gasteiger partial charge in [-0.3, -0.25) is 9.59 Å². The molecule has 2 amide bonds. The van der Waals surface area contributed by atoms with E-state index >= 15 is 0 Å². The molecule has 0 unspecified atom stereocenters. The lowest BCUT2D eigenvalue weighted by Crippen LogP contribution is -2.51. The molecule has 4 nitrogen and oxygen atoms in total. The first-order valence-electron chi connectivity index (χ1n) is 11.5. The fourth-order valence-electron chi connectivity index (χ4n) is 3.65. The summed E-state index contributed by atoms with van der Waals surface area (Å²) in [7, 11) is 0. The molecule has 0 saturated heterocycles. The Labute approximate surface area is 211 Å². The molecule has 3 rings (SSSR count). The van der Waals surface area contributed by atoms with Gasteiger partial charge in [-0.2, -0.15) is 0 Å². The number of rotatable bonds is 11. The molecule has 178 valence electrons. The first-order chi connectivity index (χ1) is 16.4. The van der Waals surface area contributed by atoms with E-state index in [1.165, 1.54) is 0 Å². The molecule has 0 spiro atoms. The van der Waals surface area contributed by atoms with Crippen molar-refractivity contribution >= 4 is 35.2 Å². The third-order valence-electron chi connectivity index (χ3n) is 5.30. The highest BCUT2D eigenvalue weighted by Gasteiger charge is 2.30. The molecule has 0 radical (unpaired) electrons. The van der Waals surface area contributed by atoms with Gasteiger partial charge in [-0.15, -0.1) is 11.8 Å². The van der Waals surface area contributed by atoms with E-state index in [1.54, 1.807) is 16.7 Å². The normalized spacial score (nSPS) is 11.8. The SMILES string of the molecule is CC(C)NC(=O)[C@@H](Cc1ccccc1)N(Cc1ccccc1)C(=O)CCSc1ccc(Cl)cc1. The molecule has 0 aliphatic rings. The van der Waals surface area contributed by atoms with Gasteiger partial charge in [-0.05, 0) is 49.2 Å². The zero-order chi connectivity index (χ0) is 24.3. The highest BCUT2D eigenvalue weighted by molar-refractivity contribution is 7.99. The van der Waals surface area contributed by atoms with Crippen LogP contribution in [-0.4, -0.2) is 34.6 Å². The number of benzene rings is 3. The van der Waals surface area contributed by atoms with E-state index in [0.717, 1.165) is 16.0 Å². The Morgan fingerprint density at radius 2 is 1.47 bits per heavy atom. The van der Waals surface area contributed by atoms with Crippen LogP contribution >= 0.6 is 23.4 Å². The minimum atomic E-state index is -0.599. The molecule has 0 aromatic heterocycles. The second kappa shape index (κ2) is 13.2. The summed E-state index contributed by atoms with van der Waals surface area (Å²) in [5.41, 5.74) is 2.02. The van der Waals surface area contributed by atoms with Crippen LogP contribution in [-0.2, 0) is 22.6 Å². The van der Waals surface area contributed by atoms with Crippen LogP contribution in [0.25, 0.3) is 0 Å². The molecule has 3 aromatic rings. The quantitative estimate of drug-likeness (QED) is 0.333. The first kappa shape index (κ1) is 25.9. The predicted octanol–water partition coefficient (Wildman–Crippen LogP) is 5.99. The van der Waals surface area contributed by atoms with Gasteiger partial charge in [-0.1, -0.05) is 72.3 Å². The number of halogens is 1. The molecule has 3 aromatic carbocycles. The number of thioether (sulfide) groups is 1. The lowest BCUT2D eigenvalue weighted by Gasteiger charge is -2.32. The van der Waals surface area contributed by atoms with Crippen LogP contribution in [0.5, 0.6) is 0 Å². The zero-order valence-electron chi connectivity index (χ0n) is 19.6. The van der Waals surface area contributed by atoms with Gasteiger partial charge in [0.1, 0.15) is 6.04 Å². The van der Waals surface area contributed by atoms with Crippen LogP contribution in [0.15, 0.2) is 89.8 Å². The lowest BCUT2D eigenvalue weighted by atomic mass is 10.0. The Balaban J connectivity index is 1.81. The summed E-state index contributed by atoms with van der Waals surface area (Å²) in [4.78, 5) is 29.6. The largest absolute Gasteiger partial charge is 0.352 e. The summed E-state index contributed by atoms with van der Waals surface area (Å²) in [5, 5.41) is 3.71. The summed E-state index contributed by atoms with van der Waals surface area (Å²) in [6.07, 6.45) is 0.794. The summed E-state index contributed by atoms with van der Waals surface area (Å²) in [5.74, 6) is 0.453. The first-order valence-corrected chi connectivity index (χ1v) is 12.8. The number of amides is 2. The molecule has 0 fully saturated rings. The maximum absolute atomic E-state index is 13.5. The van der Waals surface area contributed by atoms with Crippen LogP contribution in [0, 0.1) is 0 Å². The topological polar surface area (TPSA) is 49.4 Å². The molecule has 6 heteroatoms. The van der Waals surface area contributed by atoms with Crippen LogP contribution < -0.4 is 5.32 Å². The number of hydrogen-bond acceptors (Lipinski definition) is 3. The highest BCUT2D eigenvalue weighted by atomic mass is 35.5. The van der Waals surface area contributed by atoms with E-state index in [9.17, 15) is 9.59 Å². The average molecular weight is 495 g/mol. The van der Waals surface area contributed by atoms with Crippen molar-refractivity contribution in [3.8, 4) is 0 Å².